The smallest absolute Gasteiger partial charge is 0.106 e. The maximum atomic E-state index is 5.69. The average molecular weight is 277 g/mol. The van der Waals surface area contributed by atoms with Crippen LogP contribution in [0.15, 0.2) is 22.6 Å². The Kier molecular flexibility index (Phi) is 4.83. The molecule has 0 aromatic carbocycles. The van der Waals surface area contributed by atoms with Crippen molar-refractivity contribution in [3.8, 4) is 0 Å². The number of aryl methyl sites for hydroxylation is 3. The Morgan fingerprint density at radius 1 is 1.26 bits per heavy atom. The van der Waals surface area contributed by atoms with Gasteiger partial charge in [0.05, 0.1) is 6.04 Å². The summed E-state index contributed by atoms with van der Waals surface area (Å²) in [5.41, 5.74) is 1.27. The number of thiophene rings is 1. The van der Waals surface area contributed by atoms with Crippen molar-refractivity contribution in [1.82, 2.24) is 5.32 Å². The third kappa shape index (κ3) is 3.28. The summed E-state index contributed by atoms with van der Waals surface area (Å²) < 4.78 is 5.69. The van der Waals surface area contributed by atoms with Gasteiger partial charge in [0.15, 0.2) is 0 Å². The SMILES string of the molecule is CCCNC(c1ccc(CC)s1)c1cc(C)oc1C. The van der Waals surface area contributed by atoms with E-state index in [1.165, 1.54) is 15.3 Å². The zero-order valence-corrected chi connectivity index (χ0v) is 13.1. The van der Waals surface area contributed by atoms with Gasteiger partial charge in [-0.25, -0.2) is 0 Å². The number of furan rings is 1. The Labute approximate surface area is 119 Å². The summed E-state index contributed by atoms with van der Waals surface area (Å²) >= 11 is 1.90. The van der Waals surface area contributed by atoms with Crippen LogP contribution in [0.5, 0.6) is 0 Å². The van der Waals surface area contributed by atoms with Crippen LogP contribution in [-0.4, -0.2) is 6.54 Å². The molecule has 2 aromatic heterocycles. The zero-order valence-electron chi connectivity index (χ0n) is 12.2. The highest BCUT2D eigenvalue weighted by molar-refractivity contribution is 7.12. The Balaban J connectivity index is 2.32. The molecule has 2 nitrogen and oxygen atoms in total. The second-order valence-electron chi connectivity index (χ2n) is 4.91. The average Bonchev–Trinajstić information content (AvgIpc) is 2.97. The molecule has 0 bridgehead atoms. The number of hydrogen-bond donors (Lipinski definition) is 1. The number of rotatable bonds is 6. The third-order valence-corrected chi connectivity index (χ3v) is 4.60. The van der Waals surface area contributed by atoms with E-state index in [4.69, 9.17) is 4.42 Å². The van der Waals surface area contributed by atoms with Gasteiger partial charge in [-0.3, -0.25) is 0 Å². The summed E-state index contributed by atoms with van der Waals surface area (Å²) in [6.45, 7) is 9.49. The van der Waals surface area contributed by atoms with Crippen LogP contribution in [0, 0.1) is 13.8 Å². The van der Waals surface area contributed by atoms with Gasteiger partial charge in [0.25, 0.3) is 0 Å². The van der Waals surface area contributed by atoms with Crippen LogP contribution in [0.4, 0.5) is 0 Å². The van der Waals surface area contributed by atoms with Crippen molar-refractivity contribution >= 4 is 11.3 Å². The maximum Gasteiger partial charge on any atom is 0.106 e. The van der Waals surface area contributed by atoms with Crippen molar-refractivity contribution in [3.63, 3.8) is 0 Å². The predicted molar refractivity (Wildman–Crippen MR) is 82.0 cm³/mol. The fourth-order valence-electron chi connectivity index (χ4n) is 2.33. The fraction of sp³-hybridized carbons (Fsp3) is 0.500. The molecule has 0 amide bonds. The molecule has 0 saturated carbocycles. The van der Waals surface area contributed by atoms with Gasteiger partial charge in [-0.15, -0.1) is 11.3 Å². The van der Waals surface area contributed by atoms with Gasteiger partial charge in [-0.05, 0) is 51.4 Å². The van der Waals surface area contributed by atoms with Crippen LogP contribution in [0.2, 0.25) is 0 Å². The fourth-order valence-corrected chi connectivity index (χ4v) is 3.38. The van der Waals surface area contributed by atoms with E-state index in [1.54, 1.807) is 0 Å². The van der Waals surface area contributed by atoms with Crippen LogP contribution in [0.3, 0.4) is 0 Å². The molecule has 0 saturated heterocycles. The van der Waals surface area contributed by atoms with Gasteiger partial charge in [-0.2, -0.15) is 0 Å². The molecule has 1 atom stereocenters. The second kappa shape index (κ2) is 6.40. The molecule has 1 N–H and O–H groups in total. The van der Waals surface area contributed by atoms with Crippen molar-refractivity contribution in [1.29, 1.82) is 0 Å². The molecule has 104 valence electrons. The molecule has 1 unspecified atom stereocenters. The lowest BCUT2D eigenvalue weighted by Crippen LogP contribution is -2.22. The van der Waals surface area contributed by atoms with E-state index in [1.807, 2.05) is 18.3 Å². The topological polar surface area (TPSA) is 25.2 Å². The summed E-state index contributed by atoms with van der Waals surface area (Å²) in [5, 5.41) is 3.64. The highest BCUT2D eigenvalue weighted by Gasteiger charge is 2.20. The first-order valence-corrected chi connectivity index (χ1v) is 7.86. The first-order chi connectivity index (χ1) is 9.15. The molecule has 0 radical (unpaired) electrons. The van der Waals surface area contributed by atoms with E-state index in [0.29, 0.717) is 0 Å². The van der Waals surface area contributed by atoms with Gasteiger partial charge >= 0.3 is 0 Å². The highest BCUT2D eigenvalue weighted by Crippen LogP contribution is 2.32. The van der Waals surface area contributed by atoms with Crippen LogP contribution < -0.4 is 5.32 Å². The Morgan fingerprint density at radius 3 is 2.58 bits per heavy atom. The van der Waals surface area contributed by atoms with Gasteiger partial charge in [0.1, 0.15) is 11.5 Å². The van der Waals surface area contributed by atoms with E-state index < -0.39 is 0 Å². The Morgan fingerprint density at radius 2 is 2.05 bits per heavy atom. The summed E-state index contributed by atoms with van der Waals surface area (Å²) in [6.07, 6.45) is 2.24. The number of hydrogen-bond acceptors (Lipinski definition) is 3. The normalized spacial score (nSPS) is 12.8. The number of nitrogens with one attached hydrogen (secondary N) is 1. The van der Waals surface area contributed by atoms with E-state index in [2.05, 4.69) is 44.3 Å². The van der Waals surface area contributed by atoms with Crippen LogP contribution in [0.1, 0.15) is 53.1 Å². The van der Waals surface area contributed by atoms with Gasteiger partial charge < -0.3 is 9.73 Å². The summed E-state index contributed by atoms with van der Waals surface area (Å²) in [7, 11) is 0. The largest absolute Gasteiger partial charge is 0.466 e. The molecule has 2 aromatic rings. The third-order valence-electron chi connectivity index (χ3n) is 3.30. The van der Waals surface area contributed by atoms with E-state index in [9.17, 15) is 0 Å². The minimum Gasteiger partial charge on any atom is -0.466 e. The van der Waals surface area contributed by atoms with E-state index in [-0.39, 0.29) is 6.04 Å². The van der Waals surface area contributed by atoms with Crippen molar-refractivity contribution in [3.05, 3.63) is 45.0 Å². The molecule has 0 spiro atoms. The summed E-state index contributed by atoms with van der Waals surface area (Å²) in [5.74, 6) is 2.01. The molecular formula is C16H23NOS. The molecular weight excluding hydrogens is 254 g/mol. The molecule has 0 aliphatic carbocycles. The van der Waals surface area contributed by atoms with E-state index >= 15 is 0 Å². The maximum absolute atomic E-state index is 5.69. The first-order valence-electron chi connectivity index (χ1n) is 7.04. The van der Waals surface area contributed by atoms with Crippen LogP contribution >= 0.6 is 11.3 Å². The van der Waals surface area contributed by atoms with Crippen LogP contribution in [0.25, 0.3) is 0 Å². The van der Waals surface area contributed by atoms with Gasteiger partial charge in [-0.1, -0.05) is 13.8 Å². The molecule has 19 heavy (non-hydrogen) atoms. The molecule has 2 rings (SSSR count). The van der Waals surface area contributed by atoms with E-state index in [0.717, 1.165) is 30.9 Å². The lowest BCUT2D eigenvalue weighted by molar-refractivity contribution is 0.494. The van der Waals surface area contributed by atoms with Crippen molar-refractivity contribution < 1.29 is 4.42 Å². The molecule has 0 aliphatic heterocycles. The quantitative estimate of drug-likeness (QED) is 0.834. The standard InChI is InChI=1S/C16H23NOS/c1-5-9-17-16(14-10-11(3)18-12(14)4)15-8-7-13(6-2)19-15/h7-8,10,16-17H,5-6,9H2,1-4H3. The minimum absolute atomic E-state index is 0.266. The van der Waals surface area contributed by atoms with Gasteiger partial charge in [0, 0.05) is 15.3 Å². The summed E-state index contributed by atoms with van der Waals surface area (Å²) in [6, 6.07) is 6.91. The molecule has 3 heteroatoms. The highest BCUT2D eigenvalue weighted by atomic mass is 32.1. The molecule has 0 aliphatic rings. The summed E-state index contributed by atoms with van der Waals surface area (Å²) in [4.78, 5) is 2.82. The lowest BCUT2D eigenvalue weighted by atomic mass is 10.1. The Bertz CT molecular complexity index is 527. The van der Waals surface area contributed by atoms with Crippen molar-refractivity contribution in [2.45, 2.75) is 46.6 Å². The minimum atomic E-state index is 0.266. The Hall–Kier alpha value is -1.06. The zero-order chi connectivity index (χ0) is 13.8. The monoisotopic (exact) mass is 277 g/mol. The predicted octanol–water partition coefficient (Wildman–Crippen LogP) is 4.61. The van der Waals surface area contributed by atoms with Crippen molar-refractivity contribution in [2.75, 3.05) is 6.54 Å². The molecule has 2 heterocycles. The second-order valence-corrected chi connectivity index (χ2v) is 6.11. The van der Waals surface area contributed by atoms with Gasteiger partial charge in [0.2, 0.25) is 0 Å². The molecule has 0 fully saturated rings. The lowest BCUT2D eigenvalue weighted by Gasteiger charge is -2.16. The first kappa shape index (κ1) is 14.4. The van der Waals surface area contributed by atoms with Crippen molar-refractivity contribution in [2.24, 2.45) is 0 Å². The van der Waals surface area contributed by atoms with Crippen LogP contribution in [-0.2, 0) is 6.42 Å².